The number of nitrogens with one attached hydrogen (secondary N) is 1. The van der Waals surface area contributed by atoms with E-state index in [0.29, 0.717) is 24.5 Å². The Labute approximate surface area is 166 Å². The molecular weight excluding hydrogens is 368 g/mol. The molecule has 2 heterocycles. The van der Waals surface area contributed by atoms with Crippen LogP contribution in [0, 0.1) is 22.7 Å². The number of pyridine rings is 1. The van der Waals surface area contributed by atoms with Crippen LogP contribution in [0.3, 0.4) is 0 Å². The maximum atomic E-state index is 12.1. The Morgan fingerprint density at radius 2 is 1.48 bits per heavy atom. The zero-order valence-electron chi connectivity index (χ0n) is 15.4. The van der Waals surface area contributed by atoms with Crippen molar-refractivity contribution in [1.29, 1.82) is 10.5 Å². The molecule has 0 aliphatic carbocycles. The molecule has 0 radical (unpaired) electrons. The average Bonchev–Trinajstić information content (AvgIpc) is 2.98. The summed E-state index contributed by atoms with van der Waals surface area (Å²) >= 11 is 0. The zero-order chi connectivity index (χ0) is 20.4. The van der Waals surface area contributed by atoms with Gasteiger partial charge in [0.15, 0.2) is 11.5 Å². The largest absolute Gasteiger partial charge is 0.490 e. The molecule has 142 valence electrons. The summed E-state index contributed by atoms with van der Waals surface area (Å²) in [4.78, 5) is 14.4. The highest BCUT2D eigenvalue weighted by Gasteiger charge is 2.18. The summed E-state index contributed by atoms with van der Waals surface area (Å²) in [5.41, 5.74) is 7.75. The van der Waals surface area contributed by atoms with Crippen LogP contribution in [0.15, 0.2) is 47.3 Å². The first-order valence-electron chi connectivity index (χ1n) is 8.99. The number of ether oxygens (including phenoxy) is 2. The predicted octanol–water partition coefficient (Wildman–Crippen LogP) is 3.20. The van der Waals surface area contributed by atoms with Crippen LogP contribution in [0.5, 0.6) is 11.5 Å². The van der Waals surface area contributed by atoms with E-state index >= 15 is 0 Å². The topological polar surface area (TPSA) is 125 Å². The van der Waals surface area contributed by atoms with Crippen LogP contribution >= 0.6 is 0 Å². The molecule has 7 heteroatoms. The number of aromatic amines is 1. The number of nitrogens with zero attached hydrogens (tertiary/aromatic N) is 2. The van der Waals surface area contributed by atoms with Crippen LogP contribution in [-0.4, -0.2) is 18.2 Å². The van der Waals surface area contributed by atoms with Crippen molar-refractivity contribution in [2.45, 2.75) is 6.42 Å². The molecule has 1 aromatic heterocycles. The number of benzene rings is 2. The Balaban J connectivity index is 1.77. The molecule has 1 aliphatic rings. The number of H-pyrrole nitrogens is 1. The van der Waals surface area contributed by atoms with Crippen LogP contribution in [0.4, 0.5) is 5.82 Å². The molecule has 0 amide bonds. The molecule has 4 rings (SSSR count). The summed E-state index contributed by atoms with van der Waals surface area (Å²) in [6, 6.07) is 16.8. The summed E-state index contributed by atoms with van der Waals surface area (Å²) in [6.07, 6.45) is 0.834. The highest BCUT2D eigenvalue weighted by Crippen LogP contribution is 2.35. The monoisotopic (exact) mass is 384 g/mol. The third-order valence-corrected chi connectivity index (χ3v) is 4.72. The van der Waals surface area contributed by atoms with Crippen molar-refractivity contribution in [3.8, 4) is 45.9 Å². The number of fused-ring (bicyclic) bond motifs is 1. The van der Waals surface area contributed by atoms with Crippen molar-refractivity contribution in [2.75, 3.05) is 18.9 Å². The standard InChI is InChI=1S/C22H16N4O3/c23-11-16-20(17(12-24)22(27)26-21(16)25)14-4-2-13(3-5-14)15-6-7-18-19(10-15)29-9-1-8-28-18/h2-7,10H,1,8-9H2,(H3,25,26,27). The molecule has 0 saturated heterocycles. The third kappa shape index (κ3) is 3.26. The minimum Gasteiger partial charge on any atom is -0.490 e. The lowest BCUT2D eigenvalue weighted by molar-refractivity contribution is 0.297. The predicted molar refractivity (Wildman–Crippen MR) is 107 cm³/mol. The third-order valence-electron chi connectivity index (χ3n) is 4.72. The van der Waals surface area contributed by atoms with Crippen LogP contribution < -0.4 is 20.8 Å². The SMILES string of the molecule is N#Cc1c(N)[nH]c(=O)c(C#N)c1-c1ccc(-c2ccc3c(c2)OCCCO3)cc1. The Morgan fingerprint density at radius 3 is 2.17 bits per heavy atom. The van der Waals surface area contributed by atoms with Crippen LogP contribution in [0.2, 0.25) is 0 Å². The van der Waals surface area contributed by atoms with Gasteiger partial charge in [0.1, 0.15) is 29.1 Å². The minimum atomic E-state index is -0.619. The van der Waals surface area contributed by atoms with Crippen LogP contribution in [0.1, 0.15) is 17.5 Å². The molecule has 3 N–H and O–H groups in total. The molecule has 0 spiro atoms. The fourth-order valence-electron chi connectivity index (χ4n) is 3.30. The van der Waals surface area contributed by atoms with E-state index in [-0.39, 0.29) is 22.5 Å². The second kappa shape index (κ2) is 7.41. The molecule has 3 aromatic rings. The second-order valence-corrected chi connectivity index (χ2v) is 6.51. The number of rotatable bonds is 2. The Morgan fingerprint density at radius 1 is 0.862 bits per heavy atom. The van der Waals surface area contributed by atoms with Gasteiger partial charge >= 0.3 is 0 Å². The number of nitriles is 2. The van der Waals surface area contributed by atoms with Crippen molar-refractivity contribution in [3.63, 3.8) is 0 Å². The number of anilines is 1. The normalized spacial score (nSPS) is 12.5. The summed E-state index contributed by atoms with van der Waals surface area (Å²) in [6.45, 7) is 1.23. The number of aromatic nitrogens is 1. The van der Waals surface area contributed by atoms with E-state index in [0.717, 1.165) is 23.3 Å². The molecular formula is C22H16N4O3. The van der Waals surface area contributed by atoms with Gasteiger partial charge in [0.05, 0.1) is 13.2 Å². The van der Waals surface area contributed by atoms with Gasteiger partial charge in [0.25, 0.3) is 5.56 Å². The van der Waals surface area contributed by atoms with E-state index in [9.17, 15) is 15.3 Å². The Hall–Kier alpha value is -4.23. The van der Waals surface area contributed by atoms with Crippen LogP contribution in [0.25, 0.3) is 22.3 Å². The fourth-order valence-corrected chi connectivity index (χ4v) is 3.30. The highest BCUT2D eigenvalue weighted by molar-refractivity contribution is 5.81. The molecule has 2 aromatic carbocycles. The van der Waals surface area contributed by atoms with Crippen molar-refractivity contribution >= 4 is 5.82 Å². The zero-order valence-corrected chi connectivity index (χ0v) is 15.4. The van der Waals surface area contributed by atoms with Gasteiger partial charge < -0.3 is 20.2 Å². The second-order valence-electron chi connectivity index (χ2n) is 6.51. The van der Waals surface area contributed by atoms with Crippen LogP contribution in [-0.2, 0) is 0 Å². The van der Waals surface area contributed by atoms with Gasteiger partial charge in [-0.3, -0.25) is 4.79 Å². The maximum Gasteiger partial charge on any atom is 0.268 e. The van der Waals surface area contributed by atoms with E-state index in [4.69, 9.17) is 15.2 Å². The summed E-state index contributed by atoms with van der Waals surface area (Å²) in [7, 11) is 0. The van der Waals surface area contributed by atoms with E-state index in [2.05, 4.69) is 4.98 Å². The van der Waals surface area contributed by atoms with E-state index in [1.807, 2.05) is 42.5 Å². The van der Waals surface area contributed by atoms with E-state index < -0.39 is 5.56 Å². The molecule has 0 saturated carbocycles. The van der Waals surface area contributed by atoms with Crippen molar-refractivity contribution in [2.24, 2.45) is 0 Å². The van der Waals surface area contributed by atoms with Gasteiger partial charge in [-0.05, 0) is 28.8 Å². The van der Waals surface area contributed by atoms with E-state index in [1.54, 1.807) is 12.1 Å². The van der Waals surface area contributed by atoms with Crippen molar-refractivity contribution in [3.05, 3.63) is 63.9 Å². The fraction of sp³-hybridized carbons (Fsp3) is 0.136. The Bertz CT molecular complexity index is 1230. The average molecular weight is 384 g/mol. The quantitative estimate of drug-likeness (QED) is 0.699. The lowest BCUT2D eigenvalue weighted by atomic mass is 9.94. The van der Waals surface area contributed by atoms with E-state index in [1.165, 1.54) is 0 Å². The minimum absolute atomic E-state index is 0.0570. The smallest absolute Gasteiger partial charge is 0.268 e. The molecule has 1 aliphatic heterocycles. The molecule has 0 bridgehead atoms. The van der Waals surface area contributed by atoms with Crippen molar-refractivity contribution < 1.29 is 9.47 Å². The maximum absolute atomic E-state index is 12.1. The molecule has 29 heavy (non-hydrogen) atoms. The lowest BCUT2D eigenvalue weighted by Crippen LogP contribution is -2.16. The number of nitrogen functional groups attached to an aromatic ring is 1. The van der Waals surface area contributed by atoms with Gasteiger partial charge in [0, 0.05) is 12.0 Å². The number of hydrogen-bond donors (Lipinski definition) is 2. The lowest BCUT2D eigenvalue weighted by Gasteiger charge is -2.11. The van der Waals surface area contributed by atoms with Gasteiger partial charge in [-0.25, -0.2) is 0 Å². The molecule has 7 nitrogen and oxygen atoms in total. The van der Waals surface area contributed by atoms with Gasteiger partial charge in [-0.2, -0.15) is 10.5 Å². The highest BCUT2D eigenvalue weighted by atomic mass is 16.5. The first-order chi connectivity index (χ1) is 14.1. The number of nitrogens with two attached hydrogens (primary N) is 1. The van der Waals surface area contributed by atoms with Gasteiger partial charge in [-0.15, -0.1) is 0 Å². The molecule has 0 unspecified atom stereocenters. The van der Waals surface area contributed by atoms with Gasteiger partial charge in [0.2, 0.25) is 0 Å². The number of hydrogen-bond acceptors (Lipinski definition) is 6. The summed E-state index contributed by atoms with van der Waals surface area (Å²) in [5, 5.41) is 18.8. The van der Waals surface area contributed by atoms with Crippen molar-refractivity contribution in [1.82, 2.24) is 4.98 Å². The first kappa shape index (κ1) is 18.1. The first-order valence-corrected chi connectivity index (χ1v) is 8.99. The molecule has 0 atom stereocenters. The Kier molecular flexibility index (Phi) is 4.64. The summed E-state index contributed by atoms with van der Waals surface area (Å²) < 4.78 is 11.4. The summed E-state index contributed by atoms with van der Waals surface area (Å²) in [5.74, 6) is 1.36. The molecule has 0 fully saturated rings. The van der Waals surface area contributed by atoms with Gasteiger partial charge in [-0.1, -0.05) is 30.3 Å².